The minimum atomic E-state index is -2.35. The van der Waals surface area contributed by atoms with Crippen molar-refractivity contribution in [2.24, 2.45) is 16.7 Å². The van der Waals surface area contributed by atoms with Gasteiger partial charge in [0.25, 0.3) is 5.76 Å². The summed E-state index contributed by atoms with van der Waals surface area (Å²) in [6, 6.07) is 3.63. The van der Waals surface area contributed by atoms with Crippen LogP contribution in [0.25, 0.3) is 0 Å². The quantitative estimate of drug-likeness (QED) is 0.802. The number of hydrogen-bond donors (Lipinski definition) is 1. The highest BCUT2D eigenvalue weighted by atomic mass is 32.2. The van der Waals surface area contributed by atoms with Gasteiger partial charge in [-0.05, 0) is 35.4 Å². The molecule has 1 aliphatic carbocycles. The molecule has 1 aliphatic rings. The first-order valence-electron chi connectivity index (χ1n) is 6.93. The summed E-state index contributed by atoms with van der Waals surface area (Å²) in [6.07, 6.45) is 0. The van der Waals surface area contributed by atoms with Crippen LogP contribution in [0.4, 0.5) is 8.78 Å². The molecule has 0 radical (unpaired) electrons. The maximum absolute atomic E-state index is 12.1. The van der Waals surface area contributed by atoms with Crippen LogP contribution in [0.5, 0.6) is 0 Å². The van der Waals surface area contributed by atoms with Crippen LogP contribution in [0.1, 0.15) is 39.2 Å². The number of furan rings is 1. The number of thioether (sulfide) groups is 1. The van der Waals surface area contributed by atoms with Crippen molar-refractivity contribution in [1.29, 1.82) is 0 Å². The second-order valence-corrected chi connectivity index (χ2v) is 7.54. The van der Waals surface area contributed by atoms with E-state index in [1.54, 1.807) is 6.07 Å². The fraction of sp³-hybridized carbons (Fsp3) is 0.733. The van der Waals surface area contributed by atoms with Gasteiger partial charge in [-0.25, -0.2) is 0 Å². The van der Waals surface area contributed by atoms with Gasteiger partial charge in [0.05, 0.1) is 12.3 Å². The Kier molecular flexibility index (Phi) is 4.50. The number of halogens is 2. The normalized spacial score (nSPS) is 20.6. The zero-order valence-corrected chi connectivity index (χ0v) is 13.3. The first-order chi connectivity index (χ1) is 9.25. The largest absolute Gasteiger partial charge is 0.464 e. The molecular formula is C15H23F2NOS. The van der Waals surface area contributed by atoms with Gasteiger partial charge in [-0.3, -0.25) is 0 Å². The average molecular weight is 303 g/mol. The van der Waals surface area contributed by atoms with Gasteiger partial charge in [-0.1, -0.05) is 39.5 Å². The predicted molar refractivity (Wildman–Crippen MR) is 78.8 cm³/mol. The maximum atomic E-state index is 12.1. The summed E-state index contributed by atoms with van der Waals surface area (Å²) in [5, 5.41) is 3.40. The highest BCUT2D eigenvalue weighted by Gasteiger charge is 2.63. The van der Waals surface area contributed by atoms with Crippen LogP contribution in [0, 0.1) is 16.7 Å². The van der Waals surface area contributed by atoms with Crippen LogP contribution in [0.2, 0.25) is 0 Å². The van der Waals surface area contributed by atoms with Gasteiger partial charge in [-0.15, -0.1) is 0 Å². The topological polar surface area (TPSA) is 25.2 Å². The van der Waals surface area contributed by atoms with Gasteiger partial charge in [0, 0.05) is 0 Å². The van der Waals surface area contributed by atoms with E-state index in [1.165, 1.54) is 0 Å². The Morgan fingerprint density at radius 3 is 2.35 bits per heavy atom. The lowest BCUT2D eigenvalue weighted by molar-refractivity contribution is 0.251. The molecule has 0 atom stereocenters. The second-order valence-electron chi connectivity index (χ2n) is 6.57. The lowest BCUT2D eigenvalue weighted by atomic mass is 10.0. The van der Waals surface area contributed by atoms with E-state index in [9.17, 15) is 8.78 Å². The van der Waals surface area contributed by atoms with Crippen molar-refractivity contribution in [2.45, 2.75) is 45.8 Å². The molecule has 1 aromatic heterocycles. The van der Waals surface area contributed by atoms with E-state index in [0.717, 1.165) is 12.3 Å². The summed E-state index contributed by atoms with van der Waals surface area (Å²) in [5.41, 5.74) is 0.754. The standard InChI is InChI=1S/C15H23F2NOS/c1-14(2)12(15(14,3)4)8-18-7-10-5-6-11(19-10)9-20-13(16)17/h5-6,12-13,18H,7-9H2,1-4H3. The van der Waals surface area contributed by atoms with Gasteiger partial charge in [0.1, 0.15) is 11.5 Å². The van der Waals surface area contributed by atoms with Crippen LogP contribution in [0.15, 0.2) is 16.5 Å². The molecular weight excluding hydrogens is 280 g/mol. The Balaban J connectivity index is 1.73. The molecule has 1 aromatic rings. The minimum Gasteiger partial charge on any atom is -0.464 e. The SMILES string of the molecule is CC1(C)C(CNCc2ccc(CSC(F)F)o2)C1(C)C. The molecule has 0 spiro atoms. The van der Waals surface area contributed by atoms with Crippen molar-refractivity contribution in [2.75, 3.05) is 6.54 Å². The average Bonchev–Trinajstić information content (AvgIpc) is 2.72. The van der Waals surface area contributed by atoms with Crippen LogP contribution in [-0.4, -0.2) is 12.3 Å². The lowest BCUT2D eigenvalue weighted by Gasteiger charge is -2.04. The summed E-state index contributed by atoms with van der Waals surface area (Å²) in [4.78, 5) is 0. The number of rotatable bonds is 7. The van der Waals surface area contributed by atoms with E-state index in [4.69, 9.17) is 4.42 Å². The summed E-state index contributed by atoms with van der Waals surface area (Å²) >= 11 is 0.588. The molecule has 2 nitrogen and oxygen atoms in total. The van der Waals surface area contributed by atoms with Crippen LogP contribution >= 0.6 is 11.8 Å². The second kappa shape index (κ2) is 5.68. The van der Waals surface area contributed by atoms with Crippen molar-refractivity contribution in [1.82, 2.24) is 5.32 Å². The summed E-state index contributed by atoms with van der Waals surface area (Å²) in [6.45, 7) is 10.8. The zero-order valence-electron chi connectivity index (χ0n) is 12.5. The molecule has 0 saturated heterocycles. The van der Waals surface area contributed by atoms with Crippen molar-refractivity contribution in [3.05, 3.63) is 23.7 Å². The third-order valence-electron chi connectivity index (χ3n) is 5.04. The Morgan fingerprint density at radius 2 is 1.80 bits per heavy atom. The fourth-order valence-electron chi connectivity index (χ4n) is 2.92. The van der Waals surface area contributed by atoms with Crippen LogP contribution in [0.3, 0.4) is 0 Å². The summed E-state index contributed by atoms with van der Waals surface area (Å²) in [5.74, 6) is -0.0366. The molecule has 0 unspecified atom stereocenters. The van der Waals surface area contributed by atoms with E-state index in [1.807, 2.05) is 6.07 Å². The van der Waals surface area contributed by atoms with Crippen molar-refractivity contribution < 1.29 is 13.2 Å². The predicted octanol–water partition coefficient (Wildman–Crippen LogP) is 4.51. The van der Waals surface area contributed by atoms with Gasteiger partial charge in [0.15, 0.2) is 0 Å². The third kappa shape index (κ3) is 3.19. The van der Waals surface area contributed by atoms with E-state index in [2.05, 4.69) is 33.0 Å². The van der Waals surface area contributed by atoms with Crippen LogP contribution < -0.4 is 5.32 Å². The van der Waals surface area contributed by atoms with Gasteiger partial charge >= 0.3 is 0 Å². The van der Waals surface area contributed by atoms with Gasteiger partial charge < -0.3 is 9.73 Å². The van der Waals surface area contributed by atoms with E-state index in [-0.39, 0.29) is 5.75 Å². The molecule has 1 fully saturated rings. The molecule has 2 rings (SSSR count). The maximum Gasteiger partial charge on any atom is 0.284 e. The molecule has 0 bridgehead atoms. The molecule has 20 heavy (non-hydrogen) atoms. The highest BCUT2D eigenvalue weighted by Crippen LogP contribution is 2.67. The van der Waals surface area contributed by atoms with Crippen molar-refractivity contribution in [3.8, 4) is 0 Å². The molecule has 0 aliphatic heterocycles. The molecule has 0 amide bonds. The Bertz CT molecular complexity index is 442. The summed E-state index contributed by atoms with van der Waals surface area (Å²) in [7, 11) is 0. The number of nitrogens with one attached hydrogen (secondary N) is 1. The zero-order chi connectivity index (χ0) is 15.0. The molecule has 114 valence electrons. The van der Waals surface area contributed by atoms with Gasteiger partial charge in [0.2, 0.25) is 0 Å². The van der Waals surface area contributed by atoms with Gasteiger partial charge in [-0.2, -0.15) is 8.78 Å². The molecule has 1 saturated carbocycles. The smallest absolute Gasteiger partial charge is 0.284 e. The van der Waals surface area contributed by atoms with Crippen molar-refractivity contribution in [3.63, 3.8) is 0 Å². The van der Waals surface area contributed by atoms with E-state index in [0.29, 0.717) is 40.8 Å². The number of hydrogen-bond acceptors (Lipinski definition) is 3. The minimum absolute atomic E-state index is 0.223. The van der Waals surface area contributed by atoms with E-state index < -0.39 is 5.76 Å². The molecule has 5 heteroatoms. The Morgan fingerprint density at radius 1 is 1.20 bits per heavy atom. The highest BCUT2D eigenvalue weighted by molar-refractivity contribution is 7.98. The fourth-order valence-corrected chi connectivity index (χ4v) is 3.37. The summed E-state index contributed by atoms with van der Waals surface area (Å²) < 4.78 is 29.7. The molecule has 1 heterocycles. The molecule has 1 N–H and O–H groups in total. The molecule has 0 aromatic carbocycles. The Labute approximate surface area is 123 Å². The first-order valence-corrected chi connectivity index (χ1v) is 7.98. The monoisotopic (exact) mass is 303 g/mol. The van der Waals surface area contributed by atoms with E-state index >= 15 is 0 Å². The first kappa shape index (κ1) is 15.8. The third-order valence-corrected chi connectivity index (χ3v) is 5.74. The number of alkyl halides is 2. The van der Waals surface area contributed by atoms with Crippen LogP contribution in [-0.2, 0) is 12.3 Å². The Hall–Kier alpha value is -0.550. The lowest BCUT2D eigenvalue weighted by Crippen LogP contribution is -2.18. The van der Waals surface area contributed by atoms with Crippen molar-refractivity contribution >= 4 is 11.8 Å².